The lowest BCUT2D eigenvalue weighted by Gasteiger charge is -2.21. The first-order valence-electron chi connectivity index (χ1n) is 10.5. The summed E-state index contributed by atoms with van der Waals surface area (Å²) < 4.78 is 67.0. The minimum Gasteiger partial charge on any atom is -0.383 e. The van der Waals surface area contributed by atoms with Crippen molar-refractivity contribution < 1.29 is 31.5 Å². The zero-order valence-corrected chi connectivity index (χ0v) is 20.9. The fourth-order valence-electron chi connectivity index (χ4n) is 3.32. The number of nitrogens with zero attached hydrogens (tertiary/aromatic N) is 3. The molecule has 0 N–H and O–H groups in total. The second-order valence-electron chi connectivity index (χ2n) is 7.35. The number of methoxy groups -OCH3 is 2. The summed E-state index contributed by atoms with van der Waals surface area (Å²) in [7, 11) is -0.891. The number of aromatic nitrogens is 1. The van der Waals surface area contributed by atoms with Crippen molar-refractivity contribution in [3.8, 4) is 0 Å². The SMILES string of the molecule is C=CCn1c(=NC(=O)c2ccc(S(=O)(=O)N(CCOC)CCOC)cc2)sc2cc(F)cc(F)c21. The van der Waals surface area contributed by atoms with Gasteiger partial charge in [-0.1, -0.05) is 17.4 Å². The van der Waals surface area contributed by atoms with Gasteiger partial charge in [-0.05, 0) is 30.3 Å². The Labute approximate surface area is 205 Å². The molecule has 0 bridgehead atoms. The summed E-state index contributed by atoms with van der Waals surface area (Å²) in [5.74, 6) is -2.16. The highest BCUT2D eigenvalue weighted by atomic mass is 32.2. The van der Waals surface area contributed by atoms with Gasteiger partial charge in [0.1, 0.15) is 5.82 Å². The zero-order chi connectivity index (χ0) is 25.6. The van der Waals surface area contributed by atoms with Crippen LogP contribution in [0, 0.1) is 11.6 Å². The third-order valence-electron chi connectivity index (χ3n) is 5.03. The minimum absolute atomic E-state index is 0.00221. The maximum atomic E-state index is 14.4. The summed E-state index contributed by atoms with van der Waals surface area (Å²) >= 11 is 0.963. The zero-order valence-electron chi connectivity index (χ0n) is 19.2. The Balaban J connectivity index is 1.94. The third kappa shape index (κ3) is 6.08. The molecule has 35 heavy (non-hydrogen) atoms. The van der Waals surface area contributed by atoms with Crippen molar-refractivity contribution in [3.05, 3.63) is 71.1 Å². The van der Waals surface area contributed by atoms with Gasteiger partial charge in [0.05, 0.1) is 28.3 Å². The van der Waals surface area contributed by atoms with Gasteiger partial charge >= 0.3 is 0 Å². The molecule has 0 aliphatic heterocycles. The first-order chi connectivity index (χ1) is 16.7. The number of amides is 1. The number of halogens is 2. The second-order valence-corrected chi connectivity index (χ2v) is 10.3. The Morgan fingerprint density at radius 1 is 1.14 bits per heavy atom. The summed E-state index contributed by atoms with van der Waals surface area (Å²) in [5, 5.41) is 0. The van der Waals surface area contributed by atoms with Gasteiger partial charge in [-0.15, -0.1) is 6.58 Å². The van der Waals surface area contributed by atoms with Crippen LogP contribution in [0.25, 0.3) is 10.2 Å². The van der Waals surface area contributed by atoms with Crippen molar-refractivity contribution in [2.75, 3.05) is 40.5 Å². The second kappa shape index (κ2) is 11.8. The molecule has 1 aromatic heterocycles. The normalized spacial score (nSPS) is 12.5. The van der Waals surface area contributed by atoms with Gasteiger partial charge in [-0.3, -0.25) is 4.79 Å². The number of ether oxygens (including phenoxy) is 2. The van der Waals surface area contributed by atoms with Gasteiger partial charge in [0, 0.05) is 45.5 Å². The Morgan fingerprint density at radius 2 is 1.77 bits per heavy atom. The fraction of sp³-hybridized carbons (Fsp3) is 0.304. The Bertz CT molecular complexity index is 1370. The third-order valence-corrected chi connectivity index (χ3v) is 7.97. The molecule has 8 nitrogen and oxygen atoms in total. The van der Waals surface area contributed by atoms with E-state index >= 15 is 0 Å². The molecule has 0 aliphatic rings. The molecule has 0 spiro atoms. The molecule has 0 aliphatic carbocycles. The predicted octanol–water partition coefficient (Wildman–Crippen LogP) is 3.19. The number of carbonyl (C=O) groups excluding carboxylic acids is 1. The number of carbonyl (C=O) groups is 1. The minimum atomic E-state index is -3.85. The van der Waals surface area contributed by atoms with Gasteiger partial charge in [-0.25, -0.2) is 17.2 Å². The summed E-state index contributed by atoms with van der Waals surface area (Å²) in [6.45, 7) is 4.50. The molecule has 0 radical (unpaired) electrons. The number of hydrogen-bond donors (Lipinski definition) is 0. The molecule has 0 fully saturated rings. The van der Waals surface area contributed by atoms with Gasteiger partial charge < -0.3 is 14.0 Å². The highest BCUT2D eigenvalue weighted by Crippen LogP contribution is 2.23. The average Bonchev–Trinajstić information content (AvgIpc) is 3.16. The molecule has 2 aromatic carbocycles. The number of rotatable bonds is 11. The van der Waals surface area contributed by atoms with Crippen LogP contribution in [0.3, 0.4) is 0 Å². The molecular weight excluding hydrogens is 500 g/mol. The van der Waals surface area contributed by atoms with Crippen molar-refractivity contribution >= 4 is 37.5 Å². The van der Waals surface area contributed by atoms with Crippen LogP contribution in [0.1, 0.15) is 10.4 Å². The summed E-state index contributed by atoms with van der Waals surface area (Å²) in [5.41, 5.74) is 0.259. The Hall–Kier alpha value is -2.77. The van der Waals surface area contributed by atoms with E-state index in [1.54, 1.807) is 0 Å². The van der Waals surface area contributed by atoms with E-state index < -0.39 is 27.6 Å². The summed E-state index contributed by atoms with van der Waals surface area (Å²) in [6.07, 6.45) is 1.51. The smallest absolute Gasteiger partial charge is 0.279 e. The van der Waals surface area contributed by atoms with E-state index in [1.165, 1.54) is 59.5 Å². The van der Waals surface area contributed by atoms with E-state index in [1.807, 2.05) is 0 Å². The highest BCUT2D eigenvalue weighted by molar-refractivity contribution is 7.89. The first-order valence-corrected chi connectivity index (χ1v) is 12.7. The van der Waals surface area contributed by atoms with Crippen LogP contribution in [0.5, 0.6) is 0 Å². The lowest BCUT2D eigenvalue weighted by molar-refractivity contribution is 0.0997. The monoisotopic (exact) mass is 525 g/mol. The standard InChI is InChI=1S/C23H25F2N3O5S2/c1-4-9-28-21-19(25)14-17(24)15-20(21)34-23(28)26-22(29)16-5-7-18(8-6-16)35(30,31)27(10-12-32-2)11-13-33-3/h4-8,14-15H,1,9-13H2,2-3H3. The van der Waals surface area contributed by atoms with Crippen LogP contribution in [-0.4, -0.2) is 63.7 Å². The van der Waals surface area contributed by atoms with Crippen LogP contribution >= 0.6 is 11.3 Å². The molecular formula is C23H25F2N3O5S2. The number of sulfonamides is 1. The fourth-order valence-corrected chi connectivity index (χ4v) is 5.81. The molecule has 0 atom stereocenters. The number of thiazole rings is 1. The topological polar surface area (TPSA) is 90.2 Å². The Kier molecular flexibility index (Phi) is 9.03. The van der Waals surface area contributed by atoms with E-state index in [4.69, 9.17) is 9.47 Å². The van der Waals surface area contributed by atoms with Crippen LogP contribution in [0.15, 0.2) is 58.9 Å². The maximum absolute atomic E-state index is 14.4. The van der Waals surface area contributed by atoms with Crippen molar-refractivity contribution in [1.82, 2.24) is 8.87 Å². The largest absolute Gasteiger partial charge is 0.383 e. The van der Waals surface area contributed by atoms with Crippen LogP contribution < -0.4 is 4.80 Å². The molecule has 188 valence electrons. The van der Waals surface area contributed by atoms with Gasteiger partial charge in [0.15, 0.2) is 10.6 Å². The van der Waals surface area contributed by atoms with Crippen LogP contribution in [-0.2, 0) is 26.0 Å². The Morgan fingerprint density at radius 3 is 2.34 bits per heavy atom. The van der Waals surface area contributed by atoms with E-state index in [9.17, 15) is 22.0 Å². The van der Waals surface area contributed by atoms with Crippen molar-refractivity contribution in [2.24, 2.45) is 4.99 Å². The molecule has 1 heterocycles. The maximum Gasteiger partial charge on any atom is 0.279 e. The lowest BCUT2D eigenvalue weighted by Crippen LogP contribution is -2.36. The van der Waals surface area contributed by atoms with Gasteiger partial charge in [-0.2, -0.15) is 9.30 Å². The molecule has 3 aromatic rings. The molecule has 0 unspecified atom stereocenters. The van der Waals surface area contributed by atoms with Crippen molar-refractivity contribution in [2.45, 2.75) is 11.4 Å². The predicted molar refractivity (Wildman–Crippen MR) is 129 cm³/mol. The van der Waals surface area contributed by atoms with Gasteiger partial charge in [0.2, 0.25) is 10.0 Å². The van der Waals surface area contributed by atoms with E-state index in [2.05, 4.69) is 11.6 Å². The molecule has 12 heteroatoms. The molecule has 1 amide bonds. The number of benzene rings is 2. The van der Waals surface area contributed by atoms with Crippen LogP contribution in [0.2, 0.25) is 0 Å². The van der Waals surface area contributed by atoms with E-state index in [0.29, 0.717) is 4.70 Å². The number of fused-ring (bicyclic) bond motifs is 1. The van der Waals surface area contributed by atoms with Gasteiger partial charge in [0.25, 0.3) is 5.91 Å². The lowest BCUT2D eigenvalue weighted by atomic mass is 10.2. The number of allylic oxidation sites excluding steroid dienone is 1. The van der Waals surface area contributed by atoms with E-state index in [0.717, 1.165) is 17.4 Å². The van der Waals surface area contributed by atoms with Crippen molar-refractivity contribution in [3.63, 3.8) is 0 Å². The molecule has 0 saturated carbocycles. The molecule has 0 saturated heterocycles. The van der Waals surface area contributed by atoms with E-state index in [-0.39, 0.29) is 53.6 Å². The average molecular weight is 526 g/mol. The van der Waals surface area contributed by atoms with Crippen molar-refractivity contribution in [1.29, 1.82) is 0 Å². The highest BCUT2D eigenvalue weighted by Gasteiger charge is 2.24. The van der Waals surface area contributed by atoms with Crippen LogP contribution in [0.4, 0.5) is 8.78 Å². The summed E-state index contributed by atoms with van der Waals surface area (Å²) in [6, 6.07) is 7.29. The quantitative estimate of drug-likeness (QED) is 0.359. The number of hydrogen-bond acceptors (Lipinski definition) is 6. The molecule has 3 rings (SSSR count). The summed E-state index contributed by atoms with van der Waals surface area (Å²) in [4.78, 5) is 17.1. The first kappa shape index (κ1) is 26.8.